The first-order chi connectivity index (χ1) is 7.73. The molecule has 0 fully saturated rings. The molecule has 2 N–H and O–H groups in total. The van der Waals surface area contributed by atoms with E-state index in [0.717, 1.165) is 12.3 Å². The van der Waals surface area contributed by atoms with Gasteiger partial charge in [0.2, 0.25) is 0 Å². The number of alkyl halides is 3. The van der Waals surface area contributed by atoms with E-state index in [-0.39, 0.29) is 0 Å². The molecular formula is C8H4ClF3N2O3. The maximum Gasteiger partial charge on any atom is 0.471 e. The van der Waals surface area contributed by atoms with Crippen molar-refractivity contribution in [3.8, 4) is 0 Å². The van der Waals surface area contributed by atoms with Crippen molar-refractivity contribution in [3.05, 3.63) is 22.8 Å². The molecule has 0 aliphatic carbocycles. The molecule has 0 bridgehead atoms. The summed E-state index contributed by atoms with van der Waals surface area (Å²) in [7, 11) is 0. The third kappa shape index (κ3) is 3.06. The molecule has 1 amide bonds. The van der Waals surface area contributed by atoms with E-state index in [4.69, 9.17) is 16.7 Å². The monoisotopic (exact) mass is 268 g/mol. The minimum absolute atomic E-state index is 0.459. The summed E-state index contributed by atoms with van der Waals surface area (Å²) in [5.74, 6) is -4.39. The lowest BCUT2D eigenvalue weighted by Crippen LogP contribution is -2.30. The highest BCUT2D eigenvalue weighted by Crippen LogP contribution is 2.25. The van der Waals surface area contributed by atoms with Gasteiger partial charge in [-0.05, 0) is 6.07 Å². The Kier molecular flexibility index (Phi) is 3.56. The summed E-state index contributed by atoms with van der Waals surface area (Å²) < 4.78 is 35.8. The minimum Gasteiger partial charge on any atom is -0.478 e. The van der Waals surface area contributed by atoms with Gasteiger partial charge in [0.05, 0.1) is 10.6 Å². The van der Waals surface area contributed by atoms with Crippen molar-refractivity contribution in [2.24, 2.45) is 0 Å². The number of aromatic nitrogens is 1. The number of hydrogen-bond donors (Lipinski definition) is 2. The van der Waals surface area contributed by atoms with Gasteiger partial charge in [-0.15, -0.1) is 0 Å². The molecule has 0 unspecified atom stereocenters. The number of carbonyl (C=O) groups excluding carboxylic acids is 1. The molecule has 17 heavy (non-hydrogen) atoms. The van der Waals surface area contributed by atoms with Crippen LogP contribution in [-0.4, -0.2) is 28.1 Å². The average Bonchev–Trinajstić information content (AvgIpc) is 2.19. The first-order valence-corrected chi connectivity index (χ1v) is 4.37. The van der Waals surface area contributed by atoms with Gasteiger partial charge in [-0.3, -0.25) is 4.79 Å². The molecule has 1 rings (SSSR count). The molecule has 0 radical (unpaired) electrons. The fourth-order valence-electron chi connectivity index (χ4n) is 0.874. The van der Waals surface area contributed by atoms with Crippen molar-refractivity contribution >= 4 is 29.3 Å². The quantitative estimate of drug-likeness (QED) is 0.859. The van der Waals surface area contributed by atoms with Crippen LogP contribution in [-0.2, 0) is 4.79 Å². The normalized spacial score (nSPS) is 11.1. The van der Waals surface area contributed by atoms with Crippen molar-refractivity contribution < 1.29 is 27.9 Å². The van der Waals surface area contributed by atoms with Crippen LogP contribution in [0.5, 0.6) is 0 Å². The largest absolute Gasteiger partial charge is 0.478 e. The number of nitrogens with one attached hydrogen (secondary N) is 1. The fourth-order valence-corrected chi connectivity index (χ4v) is 1.11. The van der Waals surface area contributed by atoms with E-state index in [1.54, 1.807) is 0 Å². The Balaban J connectivity index is 3.05. The molecule has 9 heteroatoms. The van der Waals surface area contributed by atoms with Crippen LogP contribution >= 0.6 is 11.6 Å². The number of carboxylic acids is 1. The Bertz CT molecular complexity index is 476. The van der Waals surface area contributed by atoms with Crippen molar-refractivity contribution in [2.75, 3.05) is 5.32 Å². The molecule has 92 valence electrons. The molecule has 0 aliphatic rings. The summed E-state index contributed by atoms with van der Waals surface area (Å²) in [5.41, 5.74) is -0.459. The third-order valence-corrected chi connectivity index (χ3v) is 1.99. The van der Waals surface area contributed by atoms with Crippen LogP contribution in [0.25, 0.3) is 0 Å². The highest BCUT2D eigenvalue weighted by Gasteiger charge is 2.39. The molecular weight excluding hydrogens is 265 g/mol. The molecule has 0 aromatic carbocycles. The minimum atomic E-state index is -5.11. The highest BCUT2D eigenvalue weighted by atomic mass is 35.5. The predicted octanol–water partition coefficient (Wildman–Crippen LogP) is 1.93. The summed E-state index contributed by atoms with van der Waals surface area (Å²) in [6, 6.07) is 0.994. The van der Waals surface area contributed by atoms with Gasteiger partial charge in [-0.25, -0.2) is 9.78 Å². The van der Waals surface area contributed by atoms with Crippen LogP contribution < -0.4 is 5.32 Å². The predicted molar refractivity (Wildman–Crippen MR) is 50.9 cm³/mol. The first-order valence-electron chi connectivity index (χ1n) is 3.99. The van der Waals surface area contributed by atoms with Gasteiger partial charge >= 0.3 is 18.1 Å². The number of aromatic carboxylic acids is 1. The lowest BCUT2D eigenvalue weighted by Gasteiger charge is -2.09. The summed E-state index contributed by atoms with van der Waals surface area (Å²) in [5, 5.41) is 9.44. The number of carboxylic acid groups (broad SMARTS) is 1. The third-order valence-electron chi connectivity index (χ3n) is 1.61. The molecule has 1 heterocycles. The van der Waals surface area contributed by atoms with Gasteiger partial charge in [-0.1, -0.05) is 11.6 Å². The molecule has 5 nitrogen and oxygen atoms in total. The number of anilines is 1. The summed E-state index contributed by atoms with van der Waals surface area (Å²) in [4.78, 5) is 24.5. The lowest BCUT2D eigenvalue weighted by molar-refractivity contribution is -0.167. The number of amides is 1. The highest BCUT2D eigenvalue weighted by molar-refractivity contribution is 6.36. The second kappa shape index (κ2) is 4.58. The zero-order valence-electron chi connectivity index (χ0n) is 7.88. The smallest absolute Gasteiger partial charge is 0.471 e. The van der Waals surface area contributed by atoms with E-state index in [1.807, 2.05) is 0 Å². The van der Waals surface area contributed by atoms with Crippen LogP contribution in [0.15, 0.2) is 12.3 Å². The van der Waals surface area contributed by atoms with Gasteiger partial charge in [0.1, 0.15) is 0 Å². The number of hydrogen-bond acceptors (Lipinski definition) is 3. The summed E-state index contributed by atoms with van der Waals surface area (Å²) in [6.45, 7) is 0. The standard InChI is InChI=1S/C8H4ClF3N2O3/c9-4-3(6(15)16)1-2-13-5(4)14-7(17)8(10,11)12/h1-2H,(H,15,16)(H,13,14,17). The van der Waals surface area contributed by atoms with Crippen molar-refractivity contribution in [2.45, 2.75) is 6.18 Å². The molecule has 0 saturated carbocycles. The topological polar surface area (TPSA) is 79.3 Å². The van der Waals surface area contributed by atoms with Gasteiger partial charge in [0.25, 0.3) is 0 Å². The van der Waals surface area contributed by atoms with Crippen LogP contribution in [0.4, 0.5) is 19.0 Å². The van der Waals surface area contributed by atoms with E-state index >= 15 is 0 Å². The number of carbonyl (C=O) groups is 2. The molecule has 0 saturated heterocycles. The summed E-state index contributed by atoms with van der Waals surface area (Å²) in [6.07, 6.45) is -4.19. The molecule has 0 atom stereocenters. The zero-order chi connectivity index (χ0) is 13.2. The average molecular weight is 269 g/mol. The number of pyridine rings is 1. The maximum absolute atomic E-state index is 11.9. The Labute approximate surface area is 97.2 Å². The Hall–Kier alpha value is -1.83. The second-order valence-electron chi connectivity index (χ2n) is 2.78. The molecule has 0 spiro atoms. The van der Waals surface area contributed by atoms with E-state index < -0.39 is 34.5 Å². The van der Waals surface area contributed by atoms with E-state index in [1.165, 1.54) is 5.32 Å². The SMILES string of the molecule is O=C(O)c1ccnc(NC(=O)C(F)(F)F)c1Cl. The van der Waals surface area contributed by atoms with Gasteiger partial charge in [-0.2, -0.15) is 13.2 Å². The van der Waals surface area contributed by atoms with Crippen LogP contribution in [0.2, 0.25) is 5.02 Å². The van der Waals surface area contributed by atoms with Crippen molar-refractivity contribution in [1.29, 1.82) is 0 Å². The van der Waals surface area contributed by atoms with Crippen molar-refractivity contribution in [1.82, 2.24) is 4.98 Å². The van der Waals surface area contributed by atoms with E-state index in [0.29, 0.717) is 0 Å². The number of rotatable bonds is 2. The maximum atomic E-state index is 11.9. The van der Waals surface area contributed by atoms with E-state index in [2.05, 4.69) is 4.98 Å². The Morgan fingerprint density at radius 2 is 2.00 bits per heavy atom. The van der Waals surface area contributed by atoms with Crippen LogP contribution in [0.3, 0.4) is 0 Å². The Morgan fingerprint density at radius 3 is 2.47 bits per heavy atom. The number of halogens is 4. The second-order valence-corrected chi connectivity index (χ2v) is 3.16. The number of nitrogens with zero attached hydrogens (tertiary/aromatic N) is 1. The van der Waals surface area contributed by atoms with E-state index in [9.17, 15) is 22.8 Å². The van der Waals surface area contributed by atoms with Gasteiger partial charge < -0.3 is 10.4 Å². The van der Waals surface area contributed by atoms with Crippen LogP contribution in [0.1, 0.15) is 10.4 Å². The van der Waals surface area contributed by atoms with Gasteiger partial charge in [0.15, 0.2) is 5.82 Å². The Morgan fingerprint density at radius 1 is 1.41 bits per heavy atom. The molecule has 1 aromatic heterocycles. The zero-order valence-corrected chi connectivity index (χ0v) is 8.63. The summed E-state index contributed by atoms with van der Waals surface area (Å²) >= 11 is 5.47. The fraction of sp³-hybridized carbons (Fsp3) is 0.125. The van der Waals surface area contributed by atoms with Crippen LogP contribution in [0, 0.1) is 0 Å². The van der Waals surface area contributed by atoms with Gasteiger partial charge in [0, 0.05) is 6.20 Å². The lowest BCUT2D eigenvalue weighted by atomic mass is 10.2. The van der Waals surface area contributed by atoms with Crippen molar-refractivity contribution in [3.63, 3.8) is 0 Å². The molecule has 1 aromatic rings. The molecule has 0 aliphatic heterocycles. The first kappa shape index (κ1) is 13.2.